The van der Waals surface area contributed by atoms with E-state index >= 15 is 0 Å². The molecule has 0 bridgehead atoms. The number of fused-ring (bicyclic) bond motifs is 1. The van der Waals surface area contributed by atoms with Gasteiger partial charge in [0.2, 0.25) is 11.6 Å². The molecule has 1 N–H and O–H groups in total. The minimum absolute atomic E-state index is 0.0788. The Labute approximate surface area is 171 Å². The monoisotopic (exact) mass is 392 g/mol. The second-order valence-electron chi connectivity index (χ2n) is 8.21. The number of nitrogens with zero attached hydrogens (tertiary/aromatic N) is 3. The number of anilines is 2. The average molecular weight is 393 g/mol. The summed E-state index contributed by atoms with van der Waals surface area (Å²) in [6.45, 7) is 11.7. The van der Waals surface area contributed by atoms with Crippen LogP contribution < -0.4 is 10.2 Å². The van der Waals surface area contributed by atoms with Crippen LogP contribution in [0.3, 0.4) is 0 Å². The molecule has 4 rings (SSSR count). The van der Waals surface area contributed by atoms with Crippen LogP contribution in [0.25, 0.3) is 11.1 Å². The molecule has 1 aliphatic rings. The molecule has 1 amide bonds. The third-order valence-corrected chi connectivity index (χ3v) is 5.96. The standard InChI is InChI=1S/C23H28N4O2/c1-13-9-14(2)20(15(3)10-13)26-22(28)18-7-6-8-27(11-18)21-19-16(4)17(5)29-23(19)25-12-24-21/h9-10,12,18H,6-8,11H2,1-5H3,(H,26,28). The number of aromatic nitrogens is 2. The molecule has 1 atom stereocenters. The van der Waals surface area contributed by atoms with Crippen LogP contribution in [-0.2, 0) is 4.79 Å². The van der Waals surface area contributed by atoms with E-state index in [2.05, 4.69) is 39.2 Å². The Kier molecular flexibility index (Phi) is 5.03. The number of piperidine rings is 1. The molecule has 3 aromatic rings. The highest BCUT2D eigenvalue weighted by atomic mass is 16.3. The number of aryl methyl sites for hydroxylation is 5. The van der Waals surface area contributed by atoms with Gasteiger partial charge in [-0.3, -0.25) is 4.79 Å². The number of benzene rings is 1. The Morgan fingerprint density at radius 2 is 1.86 bits per heavy atom. The van der Waals surface area contributed by atoms with Crippen molar-refractivity contribution in [3.63, 3.8) is 0 Å². The van der Waals surface area contributed by atoms with E-state index in [4.69, 9.17) is 4.42 Å². The van der Waals surface area contributed by atoms with Crippen LogP contribution in [0.1, 0.15) is 40.9 Å². The van der Waals surface area contributed by atoms with Crippen LogP contribution in [0.15, 0.2) is 22.9 Å². The van der Waals surface area contributed by atoms with Crippen molar-refractivity contribution >= 4 is 28.5 Å². The highest BCUT2D eigenvalue weighted by molar-refractivity contribution is 5.95. The van der Waals surface area contributed by atoms with Crippen molar-refractivity contribution in [2.45, 2.75) is 47.5 Å². The van der Waals surface area contributed by atoms with Gasteiger partial charge in [-0.2, -0.15) is 0 Å². The number of rotatable bonds is 3. The Bertz CT molecular complexity index is 1060. The van der Waals surface area contributed by atoms with Crippen molar-refractivity contribution in [2.24, 2.45) is 5.92 Å². The van der Waals surface area contributed by atoms with Gasteiger partial charge in [-0.05, 0) is 58.6 Å². The molecule has 29 heavy (non-hydrogen) atoms. The van der Waals surface area contributed by atoms with Crippen LogP contribution in [-0.4, -0.2) is 29.0 Å². The number of carbonyl (C=O) groups is 1. The van der Waals surface area contributed by atoms with Gasteiger partial charge >= 0.3 is 0 Å². The van der Waals surface area contributed by atoms with Gasteiger partial charge in [0, 0.05) is 24.3 Å². The fourth-order valence-corrected chi connectivity index (χ4v) is 4.39. The first-order chi connectivity index (χ1) is 13.8. The predicted molar refractivity (Wildman–Crippen MR) is 115 cm³/mol. The molecule has 6 heteroatoms. The smallest absolute Gasteiger partial charge is 0.231 e. The van der Waals surface area contributed by atoms with E-state index in [1.165, 1.54) is 5.56 Å². The third-order valence-electron chi connectivity index (χ3n) is 5.96. The maximum Gasteiger partial charge on any atom is 0.231 e. The normalized spacial score (nSPS) is 17.0. The van der Waals surface area contributed by atoms with E-state index in [1.807, 2.05) is 27.7 Å². The number of nitrogens with one attached hydrogen (secondary N) is 1. The van der Waals surface area contributed by atoms with E-state index in [1.54, 1.807) is 6.33 Å². The lowest BCUT2D eigenvalue weighted by Crippen LogP contribution is -2.41. The summed E-state index contributed by atoms with van der Waals surface area (Å²) in [7, 11) is 0. The Morgan fingerprint density at radius 3 is 2.59 bits per heavy atom. The number of carbonyl (C=O) groups excluding carboxylic acids is 1. The third kappa shape index (κ3) is 3.59. The molecule has 152 valence electrons. The Morgan fingerprint density at radius 1 is 1.14 bits per heavy atom. The summed E-state index contributed by atoms with van der Waals surface area (Å²) in [6, 6.07) is 4.22. The van der Waals surface area contributed by atoms with Crippen molar-refractivity contribution in [3.05, 3.63) is 46.5 Å². The van der Waals surface area contributed by atoms with E-state index in [0.717, 1.165) is 58.7 Å². The molecule has 0 spiro atoms. The predicted octanol–water partition coefficient (Wildman–Crippen LogP) is 4.62. The van der Waals surface area contributed by atoms with E-state index in [0.29, 0.717) is 12.3 Å². The van der Waals surface area contributed by atoms with E-state index in [-0.39, 0.29) is 11.8 Å². The van der Waals surface area contributed by atoms with Crippen LogP contribution in [0.4, 0.5) is 11.5 Å². The van der Waals surface area contributed by atoms with Gasteiger partial charge in [-0.25, -0.2) is 9.97 Å². The number of hydrogen-bond acceptors (Lipinski definition) is 5. The number of hydrogen-bond donors (Lipinski definition) is 1. The van der Waals surface area contributed by atoms with E-state index < -0.39 is 0 Å². The van der Waals surface area contributed by atoms with Gasteiger partial charge in [-0.1, -0.05) is 17.7 Å². The SMILES string of the molecule is Cc1cc(C)c(NC(=O)C2CCCN(c3ncnc4oc(C)c(C)c34)C2)c(C)c1. The number of furan rings is 1. The largest absolute Gasteiger partial charge is 0.443 e. The second kappa shape index (κ2) is 7.50. The van der Waals surface area contributed by atoms with Gasteiger partial charge in [0.05, 0.1) is 11.3 Å². The average Bonchev–Trinajstić information content (AvgIpc) is 2.98. The summed E-state index contributed by atoms with van der Waals surface area (Å²) in [5.41, 5.74) is 6.02. The fraction of sp³-hybridized carbons (Fsp3) is 0.435. The van der Waals surface area contributed by atoms with Gasteiger partial charge in [0.15, 0.2) is 0 Å². The van der Waals surface area contributed by atoms with Crippen molar-refractivity contribution in [1.82, 2.24) is 9.97 Å². The molecule has 0 saturated carbocycles. The molecular formula is C23H28N4O2. The van der Waals surface area contributed by atoms with Gasteiger partial charge in [0.1, 0.15) is 17.9 Å². The van der Waals surface area contributed by atoms with Crippen molar-refractivity contribution in [3.8, 4) is 0 Å². The van der Waals surface area contributed by atoms with Gasteiger partial charge in [-0.15, -0.1) is 0 Å². The molecule has 6 nitrogen and oxygen atoms in total. The lowest BCUT2D eigenvalue weighted by Gasteiger charge is -2.33. The topological polar surface area (TPSA) is 71.3 Å². The summed E-state index contributed by atoms with van der Waals surface area (Å²) in [4.78, 5) is 24.1. The summed E-state index contributed by atoms with van der Waals surface area (Å²) in [5, 5.41) is 4.14. The van der Waals surface area contributed by atoms with Gasteiger partial charge < -0.3 is 14.6 Å². The minimum Gasteiger partial charge on any atom is -0.443 e. The van der Waals surface area contributed by atoms with Crippen LogP contribution >= 0.6 is 0 Å². The molecule has 2 aromatic heterocycles. The van der Waals surface area contributed by atoms with Crippen LogP contribution in [0, 0.1) is 40.5 Å². The maximum atomic E-state index is 13.1. The fourth-order valence-electron chi connectivity index (χ4n) is 4.39. The van der Waals surface area contributed by atoms with Crippen LogP contribution in [0.5, 0.6) is 0 Å². The Balaban J connectivity index is 1.57. The van der Waals surface area contributed by atoms with Crippen LogP contribution in [0.2, 0.25) is 0 Å². The maximum absolute atomic E-state index is 13.1. The zero-order valence-corrected chi connectivity index (χ0v) is 17.8. The molecule has 1 aliphatic heterocycles. The zero-order valence-electron chi connectivity index (χ0n) is 17.8. The first kappa shape index (κ1) is 19.4. The van der Waals surface area contributed by atoms with Crippen molar-refractivity contribution in [1.29, 1.82) is 0 Å². The first-order valence-electron chi connectivity index (χ1n) is 10.2. The van der Waals surface area contributed by atoms with E-state index in [9.17, 15) is 4.79 Å². The molecule has 1 fully saturated rings. The quantitative estimate of drug-likeness (QED) is 0.704. The van der Waals surface area contributed by atoms with Gasteiger partial charge in [0.25, 0.3) is 0 Å². The molecular weight excluding hydrogens is 364 g/mol. The van der Waals surface area contributed by atoms with Crippen molar-refractivity contribution < 1.29 is 9.21 Å². The molecule has 1 saturated heterocycles. The summed E-state index contributed by atoms with van der Waals surface area (Å²) >= 11 is 0. The summed E-state index contributed by atoms with van der Waals surface area (Å²) in [6.07, 6.45) is 3.37. The molecule has 3 heterocycles. The molecule has 0 aliphatic carbocycles. The molecule has 0 radical (unpaired) electrons. The lowest BCUT2D eigenvalue weighted by molar-refractivity contribution is -0.120. The summed E-state index contributed by atoms with van der Waals surface area (Å²) < 4.78 is 5.76. The van der Waals surface area contributed by atoms with Crippen molar-refractivity contribution in [2.75, 3.05) is 23.3 Å². The number of amides is 1. The highest BCUT2D eigenvalue weighted by Crippen LogP contribution is 2.33. The first-order valence-corrected chi connectivity index (χ1v) is 10.2. The second-order valence-corrected chi connectivity index (χ2v) is 8.21. The molecule has 1 aromatic carbocycles. The summed E-state index contributed by atoms with van der Waals surface area (Å²) in [5.74, 6) is 1.72. The zero-order chi connectivity index (χ0) is 20.7. The molecule has 1 unspecified atom stereocenters. The minimum atomic E-state index is -0.0813. The lowest BCUT2D eigenvalue weighted by atomic mass is 9.96. The highest BCUT2D eigenvalue weighted by Gasteiger charge is 2.29. The Hall–Kier alpha value is -2.89.